The number of methoxy groups -OCH3 is 2. The van der Waals surface area contributed by atoms with Crippen LogP contribution in [-0.2, 0) is 9.47 Å². The Kier molecular flexibility index (Phi) is 8.48. The van der Waals surface area contributed by atoms with Crippen molar-refractivity contribution in [3.8, 4) is 0 Å². The number of carbonyl (C=O) groups is 1. The quantitative estimate of drug-likeness (QED) is 0.480. The first-order valence-electron chi connectivity index (χ1n) is 6.15. The maximum absolute atomic E-state index is 12.2. The summed E-state index contributed by atoms with van der Waals surface area (Å²) in [5.74, 6) is 0.149. The minimum atomic E-state index is 0.149. The SMILES string of the molecule is COCCCN(CCOC)CC(=O)c1sccc1Br. The predicted octanol–water partition coefficient (Wildman–Crippen LogP) is 2.68. The van der Waals surface area contributed by atoms with Gasteiger partial charge in [-0.2, -0.15) is 0 Å². The van der Waals surface area contributed by atoms with Crippen molar-refractivity contribution < 1.29 is 14.3 Å². The minimum absolute atomic E-state index is 0.149. The summed E-state index contributed by atoms with van der Waals surface area (Å²) in [5.41, 5.74) is 0. The molecule has 19 heavy (non-hydrogen) atoms. The first-order chi connectivity index (χ1) is 9.19. The Labute approximate surface area is 126 Å². The molecule has 0 unspecified atom stereocenters. The summed E-state index contributed by atoms with van der Waals surface area (Å²) in [6.07, 6.45) is 0.916. The molecular weight excluding hydrogens is 330 g/mol. The highest BCUT2D eigenvalue weighted by Crippen LogP contribution is 2.23. The molecule has 0 bridgehead atoms. The average Bonchev–Trinajstić information content (AvgIpc) is 2.82. The Bertz CT molecular complexity index is 384. The smallest absolute Gasteiger partial charge is 0.187 e. The molecule has 0 fully saturated rings. The molecule has 6 heteroatoms. The number of Topliss-reactive ketones (excluding diaryl/α,β-unsaturated/α-hetero) is 1. The van der Waals surface area contributed by atoms with Crippen molar-refractivity contribution in [2.45, 2.75) is 6.42 Å². The monoisotopic (exact) mass is 349 g/mol. The van der Waals surface area contributed by atoms with Crippen molar-refractivity contribution in [2.75, 3.05) is 47.1 Å². The summed E-state index contributed by atoms with van der Waals surface area (Å²) >= 11 is 4.87. The van der Waals surface area contributed by atoms with Crippen LogP contribution in [0.5, 0.6) is 0 Å². The van der Waals surface area contributed by atoms with Crippen molar-refractivity contribution in [1.29, 1.82) is 0 Å². The lowest BCUT2D eigenvalue weighted by molar-refractivity contribution is 0.0881. The highest BCUT2D eigenvalue weighted by molar-refractivity contribution is 9.10. The first-order valence-corrected chi connectivity index (χ1v) is 7.82. The summed E-state index contributed by atoms with van der Waals surface area (Å²) < 4.78 is 11.0. The summed E-state index contributed by atoms with van der Waals surface area (Å²) in [4.78, 5) is 15.1. The lowest BCUT2D eigenvalue weighted by Crippen LogP contribution is -2.34. The molecule has 0 aliphatic heterocycles. The van der Waals surface area contributed by atoms with Gasteiger partial charge in [0.25, 0.3) is 0 Å². The lowest BCUT2D eigenvalue weighted by Gasteiger charge is -2.20. The Hall–Kier alpha value is -0.270. The van der Waals surface area contributed by atoms with E-state index in [0.717, 1.165) is 28.9 Å². The van der Waals surface area contributed by atoms with Crippen LogP contribution in [0.1, 0.15) is 16.1 Å². The van der Waals surface area contributed by atoms with Gasteiger partial charge in [-0.25, -0.2) is 0 Å². The standard InChI is InChI=1S/C13H20BrNO3S/c1-17-7-3-5-15(6-8-18-2)10-12(16)13-11(14)4-9-19-13/h4,9H,3,5-8,10H2,1-2H3. The molecule has 1 rings (SSSR count). The van der Waals surface area contributed by atoms with Crippen molar-refractivity contribution >= 4 is 33.0 Å². The molecule has 0 radical (unpaired) electrons. The average molecular weight is 350 g/mol. The van der Waals surface area contributed by atoms with Gasteiger partial charge in [0.1, 0.15) is 0 Å². The molecule has 0 aliphatic rings. The molecule has 1 heterocycles. The maximum atomic E-state index is 12.2. The van der Waals surface area contributed by atoms with E-state index in [1.807, 2.05) is 11.4 Å². The van der Waals surface area contributed by atoms with Crippen LogP contribution >= 0.6 is 27.3 Å². The van der Waals surface area contributed by atoms with E-state index in [4.69, 9.17) is 9.47 Å². The molecular formula is C13H20BrNO3S. The van der Waals surface area contributed by atoms with E-state index < -0.39 is 0 Å². The maximum Gasteiger partial charge on any atom is 0.187 e. The van der Waals surface area contributed by atoms with Gasteiger partial charge in [0.05, 0.1) is 18.0 Å². The fourth-order valence-electron chi connectivity index (χ4n) is 1.69. The molecule has 0 saturated carbocycles. The summed E-state index contributed by atoms with van der Waals surface area (Å²) in [6, 6.07) is 1.91. The van der Waals surface area contributed by atoms with E-state index in [1.54, 1.807) is 14.2 Å². The summed E-state index contributed by atoms with van der Waals surface area (Å²) in [7, 11) is 3.36. The zero-order valence-electron chi connectivity index (χ0n) is 11.4. The van der Waals surface area contributed by atoms with Gasteiger partial charge in [-0.05, 0) is 33.8 Å². The Balaban J connectivity index is 2.50. The van der Waals surface area contributed by atoms with Gasteiger partial charge in [-0.3, -0.25) is 9.69 Å². The van der Waals surface area contributed by atoms with Crippen LogP contribution in [0.4, 0.5) is 0 Å². The number of ketones is 1. The number of halogens is 1. The fourth-order valence-corrected chi connectivity index (χ4v) is 3.22. The van der Waals surface area contributed by atoms with Gasteiger partial charge < -0.3 is 9.47 Å². The molecule has 0 saturated heterocycles. The second-order valence-electron chi connectivity index (χ2n) is 4.14. The number of rotatable bonds is 10. The molecule has 0 amide bonds. The Morgan fingerprint density at radius 2 is 2.05 bits per heavy atom. The zero-order valence-corrected chi connectivity index (χ0v) is 13.8. The minimum Gasteiger partial charge on any atom is -0.385 e. The molecule has 4 nitrogen and oxygen atoms in total. The first kappa shape index (κ1) is 16.8. The number of nitrogens with zero attached hydrogens (tertiary/aromatic N) is 1. The van der Waals surface area contributed by atoms with Crippen molar-refractivity contribution in [3.63, 3.8) is 0 Å². The molecule has 1 aromatic rings. The molecule has 0 N–H and O–H groups in total. The van der Waals surface area contributed by atoms with E-state index in [2.05, 4.69) is 20.8 Å². The van der Waals surface area contributed by atoms with Crippen molar-refractivity contribution in [1.82, 2.24) is 4.90 Å². The highest BCUT2D eigenvalue weighted by atomic mass is 79.9. The Morgan fingerprint density at radius 3 is 2.63 bits per heavy atom. The molecule has 0 atom stereocenters. The highest BCUT2D eigenvalue weighted by Gasteiger charge is 2.15. The van der Waals surface area contributed by atoms with Crippen LogP contribution < -0.4 is 0 Å². The largest absolute Gasteiger partial charge is 0.385 e. The molecule has 108 valence electrons. The van der Waals surface area contributed by atoms with Crippen LogP contribution in [0, 0.1) is 0 Å². The molecule has 0 aromatic carbocycles. The number of hydrogen-bond acceptors (Lipinski definition) is 5. The van der Waals surface area contributed by atoms with Crippen LogP contribution in [0.2, 0.25) is 0 Å². The van der Waals surface area contributed by atoms with Crippen LogP contribution in [0.3, 0.4) is 0 Å². The molecule has 1 aromatic heterocycles. The number of ether oxygens (including phenoxy) is 2. The van der Waals surface area contributed by atoms with E-state index >= 15 is 0 Å². The molecule has 0 spiro atoms. The van der Waals surface area contributed by atoms with Gasteiger partial charge in [-0.1, -0.05) is 0 Å². The summed E-state index contributed by atoms with van der Waals surface area (Å²) in [6.45, 7) is 3.36. The van der Waals surface area contributed by atoms with E-state index in [1.165, 1.54) is 11.3 Å². The second kappa shape index (κ2) is 9.61. The van der Waals surface area contributed by atoms with Gasteiger partial charge in [-0.15, -0.1) is 11.3 Å². The number of hydrogen-bond donors (Lipinski definition) is 0. The van der Waals surface area contributed by atoms with Gasteiger partial charge in [0.2, 0.25) is 0 Å². The third kappa shape index (κ3) is 6.14. The number of carbonyl (C=O) groups excluding carboxylic acids is 1. The van der Waals surface area contributed by atoms with Gasteiger partial charge in [0.15, 0.2) is 5.78 Å². The predicted molar refractivity (Wildman–Crippen MR) is 81.2 cm³/mol. The number of thiophene rings is 1. The second-order valence-corrected chi connectivity index (χ2v) is 5.91. The normalized spacial score (nSPS) is 11.2. The van der Waals surface area contributed by atoms with Crippen LogP contribution in [-0.4, -0.2) is 57.8 Å². The van der Waals surface area contributed by atoms with Crippen molar-refractivity contribution in [3.05, 3.63) is 20.8 Å². The summed E-state index contributed by atoms with van der Waals surface area (Å²) in [5, 5.41) is 1.92. The zero-order chi connectivity index (χ0) is 14.1. The van der Waals surface area contributed by atoms with Crippen LogP contribution in [0.15, 0.2) is 15.9 Å². The van der Waals surface area contributed by atoms with E-state index in [9.17, 15) is 4.79 Å². The topological polar surface area (TPSA) is 38.8 Å². The molecule has 0 aliphatic carbocycles. The van der Waals surface area contributed by atoms with E-state index in [-0.39, 0.29) is 5.78 Å². The van der Waals surface area contributed by atoms with Crippen LogP contribution in [0.25, 0.3) is 0 Å². The fraction of sp³-hybridized carbons (Fsp3) is 0.615. The van der Waals surface area contributed by atoms with Gasteiger partial charge in [0, 0.05) is 38.4 Å². The lowest BCUT2D eigenvalue weighted by atomic mass is 10.3. The van der Waals surface area contributed by atoms with E-state index in [0.29, 0.717) is 19.8 Å². The Morgan fingerprint density at radius 1 is 1.32 bits per heavy atom. The van der Waals surface area contributed by atoms with Gasteiger partial charge >= 0.3 is 0 Å². The third-order valence-corrected chi connectivity index (χ3v) is 4.55. The van der Waals surface area contributed by atoms with Crippen molar-refractivity contribution in [2.24, 2.45) is 0 Å². The third-order valence-electron chi connectivity index (χ3n) is 2.67.